The number of hydrogen-bond donors (Lipinski definition) is 0. The fourth-order valence-corrected chi connectivity index (χ4v) is 5.57. The molecule has 1 aromatic carbocycles. The van der Waals surface area contributed by atoms with Gasteiger partial charge < -0.3 is 13.9 Å². The van der Waals surface area contributed by atoms with Gasteiger partial charge in [-0.15, -0.1) is 10.2 Å². The van der Waals surface area contributed by atoms with Gasteiger partial charge in [-0.3, -0.25) is 0 Å². The third-order valence-corrected chi connectivity index (χ3v) is 7.60. The SMILES string of the molecule is Cc1ncoc1-c1nnc(SCCCN2CCC3(CC3c3ccccc3)C2)n1C. The molecule has 1 aliphatic heterocycles. The number of thioether (sulfide) groups is 1. The van der Waals surface area contributed by atoms with Crippen molar-refractivity contribution in [2.45, 2.75) is 37.3 Å². The zero-order valence-corrected chi connectivity index (χ0v) is 17.9. The Hall–Kier alpha value is -2.12. The first-order valence-corrected chi connectivity index (χ1v) is 11.3. The molecule has 2 aromatic heterocycles. The highest BCUT2D eigenvalue weighted by atomic mass is 32.2. The molecule has 29 heavy (non-hydrogen) atoms. The van der Waals surface area contributed by atoms with Crippen molar-refractivity contribution in [2.75, 3.05) is 25.4 Å². The van der Waals surface area contributed by atoms with Gasteiger partial charge in [0.25, 0.3) is 0 Å². The number of likely N-dealkylation sites (tertiary alicyclic amines) is 1. The van der Waals surface area contributed by atoms with E-state index in [0.717, 1.165) is 28.3 Å². The molecule has 3 aromatic rings. The number of aromatic nitrogens is 4. The van der Waals surface area contributed by atoms with Crippen molar-refractivity contribution in [3.8, 4) is 11.6 Å². The molecule has 1 saturated heterocycles. The first-order chi connectivity index (χ1) is 14.2. The molecular formula is C22H27N5OS. The van der Waals surface area contributed by atoms with E-state index in [1.54, 1.807) is 11.8 Å². The predicted octanol–water partition coefficient (Wildman–Crippen LogP) is 4.14. The molecule has 1 spiro atoms. The summed E-state index contributed by atoms with van der Waals surface area (Å²) in [5, 5.41) is 9.55. The molecular weight excluding hydrogens is 382 g/mol. The Morgan fingerprint density at radius 1 is 1.24 bits per heavy atom. The summed E-state index contributed by atoms with van der Waals surface area (Å²) in [7, 11) is 1.99. The van der Waals surface area contributed by atoms with E-state index in [1.165, 1.54) is 50.9 Å². The molecule has 2 unspecified atom stereocenters. The Kier molecular flexibility index (Phi) is 4.95. The highest BCUT2D eigenvalue weighted by Crippen LogP contribution is 2.64. The largest absolute Gasteiger partial charge is 0.440 e. The minimum absolute atomic E-state index is 0.557. The van der Waals surface area contributed by atoms with Crippen LogP contribution in [0.4, 0.5) is 0 Å². The third-order valence-electron chi connectivity index (χ3n) is 6.49. The van der Waals surface area contributed by atoms with Crippen LogP contribution >= 0.6 is 11.8 Å². The molecule has 7 heteroatoms. The van der Waals surface area contributed by atoms with Crippen molar-refractivity contribution in [1.29, 1.82) is 0 Å². The Labute approximate surface area is 175 Å². The Bertz CT molecular complexity index is 984. The van der Waals surface area contributed by atoms with E-state index in [2.05, 4.69) is 50.4 Å². The van der Waals surface area contributed by atoms with Gasteiger partial charge in [-0.2, -0.15) is 0 Å². The first-order valence-electron chi connectivity index (χ1n) is 10.4. The summed E-state index contributed by atoms with van der Waals surface area (Å²) in [6.07, 6.45) is 5.34. The van der Waals surface area contributed by atoms with E-state index in [9.17, 15) is 0 Å². The van der Waals surface area contributed by atoms with Crippen LogP contribution in [0.3, 0.4) is 0 Å². The monoisotopic (exact) mass is 409 g/mol. The molecule has 152 valence electrons. The maximum atomic E-state index is 5.45. The number of benzene rings is 1. The summed E-state index contributed by atoms with van der Waals surface area (Å²) in [6, 6.07) is 11.1. The van der Waals surface area contributed by atoms with E-state index < -0.39 is 0 Å². The van der Waals surface area contributed by atoms with E-state index in [4.69, 9.17) is 4.42 Å². The number of nitrogens with zero attached hydrogens (tertiary/aromatic N) is 5. The summed E-state index contributed by atoms with van der Waals surface area (Å²) in [5.41, 5.74) is 2.93. The normalized spacial score (nSPS) is 23.9. The van der Waals surface area contributed by atoms with Crippen LogP contribution in [0.5, 0.6) is 0 Å². The smallest absolute Gasteiger partial charge is 0.202 e. The van der Waals surface area contributed by atoms with E-state index >= 15 is 0 Å². The molecule has 0 bridgehead atoms. The van der Waals surface area contributed by atoms with Crippen LogP contribution in [0.2, 0.25) is 0 Å². The zero-order valence-electron chi connectivity index (χ0n) is 17.0. The van der Waals surface area contributed by atoms with Crippen LogP contribution < -0.4 is 0 Å². The third kappa shape index (κ3) is 3.62. The van der Waals surface area contributed by atoms with Crippen LogP contribution in [-0.2, 0) is 7.05 Å². The fraction of sp³-hybridized carbons (Fsp3) is 0.500. The van der Waals surface area contributed by atoms with E-state index in [0.29, 0.717) is 11.2 Å². The molecule has 1 saturated carbocycles. The minimum Gasteiger partial charge on any atom is -0.440 e. The van der Waals surface area contributed by atoms with Gasteiger partial charge in [-0.25, -0.2) is 4.98 Å². The van der Waals surface area contributed by atoms with Crippen LogP contribution in [0.15, 0.2) is 46.3 Å². The zero-order chi connectivity index (χ0) is 19.8. The quantitative estimate of drug-likeness (QED) is 0.432. The molecule has 6 nitrogen and oxygen atoms in total. The second-order valence-electron chi connectivity index (χ2n) is 8.39. The van der Waals surface area contributed by atoms with Crippen LogP contribution in [-0.4, -0.2) is 50.0 Å². The highest BCUT2D eigenvalue weighted by Gasteiger charge is 2.57. The van der Waals surface area contributed by atoms with Crippen molar-refractivity contribution in [1.82, 2.24) is 24.6 Å². The second-order valence-corrected chi connectivity index (χ2v) is 9.45. The average Bonchev–Trinajstić information content (AvgIpc) is 3.02. The lowest BCUT2D eigenvalue weighted by Gasteiger charge is -2.16. The second kappa shape index (κ2) is 7.61. The minimum atomic E-state index is 0.557. The molecule has 0 radical (unpaired) electrons. The van der Waals surface area contributed by atoms with Crippen molar-refractivity contribution in [3.63, 3.8) is 0 Å². The topological polar surface area (TPSA) is 60.0 Å². The van der Waals surface area contributed by atoms with Crippen LogP contribution in [0, 0.1) is 12.3 Å². The lowest BCUT2D eigenvalue weighted by Crippen LogP contribution is -2.23. The first kappa shape index (κ1) is 18.9. The predicted molar refractivity (Wildman–Crippen MR) is 114 cm³/mol. The van der Waals surface area contributed by atoms with E-state index in [1.807, 2.05) is 18.5 Å². The van der Waals surface area contributed by atoms with Crippen molar-refractivity contribution >= 4 is 11.8 Å². The van der Waals surface area contributed by atoms with Gasteiger partial charge >= 0.3 is 0 Å². The van der Waals surface area contributed by atoms with Gasteiger partial charge in [0.2, 0.25) is 5.82 Å². The molecule has 1 aliphatic carbocycles. The van der Waals surface area contributed by atoms with Gasteiger partial charge in [0.15, 0.2) is 17.3 Å². The molecule has 0 amide bonds. The molecule has 2 fully saturated rings. The molecule has 0 N–H and O–H groups in total. The highest BCUT2D eigenvalue weighted by molar-refractivity contribution is 7.99. The van der Waals surface area contributed by atoms with Crippen molar-refractivity contribution in [3.05, 3.63) is 48.0 Å². The van der Waals surface area contributed by atoms with E-state index in [-0.39, 0.29) is 0 Å². The Morgan fingerprint density at radius 2 is 2.10 bits per heavy atom. The average molecular weight is 410 g/mol. The van der Waals surface area contributed by atoms with Gasteiger partial charge in [0.1, 0.15) is 0 Å². The number of hydrogen-bond acceptors (Lipinski definition) is 6. The summed E-state index contributed by atoms with van der Waals surface area (Å²) < 4.78 is 7.45. The van der Waals surface area contributed by atoms with Gasteiger partial charge in [0.05, 0.1) is 5.69 Å². The molecule has 2 aliphatic rings. The van der Waals surface area contributed by atoms with Gasteiger partial charge in [-0.05, 0) is 56.2 Å². The van der Waals surface area contributed by atoms with Gasteiger partial charge in [-0.1, -0.05) is 42.1 Å². The summed E-state index contributed by atoms with van der Waals surface area (Å²) in [6.45, 7) is 5.59. The lowest BCUT2D eigenvalue weighted by molar-refractivity contribution is 0.319. The van der Waals surface area contributed by atoms with Crippen LogP contribution in [0.25, 0.3) is 11.6 Å². The molecule has 5 rings (SSSR count). The molecule has 3 heterocycles. The molecule has 2 atom stereocenters. The summed E-state index contributed by atoms with van der Waals surface area (Å²) in [5.74, 6) is 3.27. The number of rotatable bonds is 7. The standard InChI is InChI=1S/C22H27N5OS/c1-16-19(28-15-23-16)20-24-25-21(26(20)2)29-12-6-10-27-11-9-22(14-27)13-18(22)17-7-4-3-5-8-17/h3-5,7-8,15,18H,6,9-14H2,1-2H3. The maximum absolute atomic E-state index is 5.45. The Morgan fingerprint density at radius 3 is 2.90 bits per heavy atom. The van der Waals surface area contributed by atoms with Gasteiger partial charge in [0, 0.05) is 19.3 Å². The van der Waals surface area contributed by atoms with Crippen molar-refractivity contribution < 1.29 is 4.42 Å². The lowest BCUT2D eigenvalue weighted by atomic mass is 9.98. The fourth-order valence-electron chi connectivity index (χ4n) is 4.74. The summed E-state index contributed by atoms with van der Waals surface area (Å²) >= 11 is 1.77. The summed E-state index contributed by atoms with van der Waals surface area (Å²) in [4.78, 5) is 6.80. The Balaban J connectivity index is 1.10. The van der Waals surface area contributed by atoms with Crippen LogP contribution in [0.1, 0.15) is 36.4 Å². The number of oxazole rings is 1. The number of aryl methyl sites for hydroxylation is 1. The van der Waals surface area contributed by atoms with Crippen molar-refractivity contribution in [2.24, 2.45) is 12.5 Å². The maximum Gasteiger partial charge on any atom is 0.202 e.